The second kappa shape index (κ2) is 8.37. The van der Waals surface area contributed by atoms with E-state index < -0.39 is 10.0 Å². The fourth-order valence-electron chi connectivity index (χ4n) is 2.40. The van der Waals surface area contributed by atoms with Crippen molar-refractivity contribution in [1.29, 1.82) is 0 Å². The van der Waals surface area contributed by atoms with E-state index in [4.69, 9.17) is 5.11 Å². The van der Waals surface area contributed by atoms with Crippen LogP contribution in [0.1, 0.15) is 30.7 Å². The first-order valence-electron chi connectivity index (χ1n) is 8.13. The third kappa shape index (κ3) is 4.97. The van der Waals surface area contributed by atoms with E-state index in [0.717, 1.165) is 12.0 Å². The summed E-state index contributed by atoms with van der Waals surface area (Å²) in [6.07, 6.45) is 3.76. The quantitative estimate of drug-likeness (QED) is 0.657. The van der Waals surface area contributed by atoms with Crippen LogP contribution in [0.3, 0.4) is 0 Å². The van der Waals surface area contributed by atoms with E-state index in [1.54, 1.807) is 26.1 Å². The van der Waals surface area contributed by atoms with Crippen LogP contribution in [0.15, 0.2) is 35.5 Å². The van der Waals surface area contributed by atoms with E-state index >= 15 is 0 Å². The topological polar surface area (TPSA) is 104 Å². The van der Waals surface area contributed by atoms with Gasteiger partial charge in [-0.25, -0.2) is 18.1 Å². The molecule has 2 aromatic rings. The summed E-state index contributed by atoms with van der Waals surface area (Å²) in [6, 6.07) is 5.26. The molecule has 0 fully saturated rings. The Morgan fingerprint density at radius 2 is 2.08 bits per heavy atom. The van der Waals surface area contributed by atoms with Crippen LogP contribution in [0.2, 0.25) is 0 Å². The number of aliphatic hydroxyl groups is 1. The van der Waals surface area contributed by atoms with Crippen LogP contribution < -0.4 is 10.0 Å². The number of anilines is 1. The van der Waals surface area contributed by atoms with Crippen LogP contribution >= 0.6 is 0 Å². The number of sulfonamides is 1. The average Bonchev–Trinajstić information content (AvgIpc) is 2.60. The Labute approximate surface area is 148 Å². The maximum atomic E-state index is 12.6. The maximum Gasteiger partial charge on any atom is 0.242 e. The van der Waals surface area contributed by atoms with Crippen molar-refractivity contribution in [1.82, 2.24) is 14.7 Å². The highest BCUT2D eigenvalue weighted by Gasteiger charge is 2.18. The minimum absolute atomic E-state index is 0.0355. The Hall–Kier alpha value is -2.03. The molecule has 0 radical (unpaired) electrons. The second-order valence-corrected chi connectivity index (χ2v) is 7.59. The molecule has 0 saturated heterocycles. The van der Waals surface area contributed by atoms with Crippen molar-refractivity contribution in [2.75, 3.05) is 11.9 Å². The molecule has 0 saturated carbocycles. The van der Waals surface area contributed by atoms with Crippen LogP contribution in [0.4, 0.5) is 5.82 Å². The third-order valence-electron chi connectivity index (χ3n) is 3.82. The number of aromatic nitrogens is 2. The van der Waals surface area contributed by atoms with Gasteiger partial charge in [-0.15, -0.1) is 0 Å². The largest absolute Gasteiger partial charge is 0.394 e. The molecule has 7 nitrogen and oxygen atoms in total. The molecule has 25 heavy (non-hydrogen) atoms. The van der Waals surface area contributed by atoms with E-state index in [1.165, 1.54) is 6.20 Å². The molecule has 8 heteroatoms. The summed E-state index contributed by atoms with van der Waals surface area (Å²) >= 11 is 0. The Kier molecular flexibility index (Phi) is 6.46. The van der Waals surface area contributed by atoms with Crippen molar-refractivity contribution >= 4 is 15.8 Å². The Bertz CT molecular complexity index is 824. The van der Waals surface area contributed by atoms with Crippen molar-refractivity contribution < 1.29 is 13.5 Å². The molecule has 0 bridgehead atoms. The van der Waals surface area contributed by atoms with Gasteiger partial charge in [-0.2, -0.15) is 0 Å². The first-order valence-corrected chi connectivity index (χ1v) is 9.62. The summed E-state index contributed by atoms with van der Waals surface area (Å²) in [4.78, 5) is 8.50. The van der Waals surface area contributed by atoms with E-state index in [-0.39, 0.29) is 24.1 Å². The zero-order valence-electron chi connectivity index (χ0n) is 14.7. The highest BCUT2D eigenvalue weighted by atomic mass is 32.2. The van der Waals surface area contributed by atoms with Crippen LogP contribution in [0.5, 0.6) is 0 Å². The summed E-state index contributed by atoms with van der Waals surface area (Å²) < 4.78 is 27.7. The molecule has 0 spiro atoms. The van der Waals surface area contributed by atoms with Gasteiger partial charge in [0.15, 0.2) is 0 Å². The summed E-state index contributed by atoms with van der Waals surface area (Å²) in [5.74, 6) is 0.524. The van der Waals surface area contributed by atoms with Crippen LogP contribution in [-0.4, -0.2) is 36.1 Å². The van der Waals surface area contributed by atoms with Crippen molar-refractivity contribution in [3.63, 3.8) is 0 Å². The number of nitrogens with zero attached hydrogens (tertiary/aromatic N) is 2. The van der Waals surface area contributed by atoms with E-state index in [1.807, 2.05) is 19.1 Å². The van der Waals surface area contributed by atoms with Gasteiger partial charge < -0.3 is 10.4 Å². The van der Waals surface area contributed by atoms with E-state index in [9.17, 15) is 8.42 Å². The molecule has 136 valence electrons. The molecule has 0 aliphatic heterocycles. The molecular weight excluding hydrogens is 340 g/mol. The SMILES string of the molecule is CCc1cccnc1CNS(=O)(=O)c1cnc(N[C@@H](C)CO)cc1C. The number of aryl methyl sites for hydroxylation is 2. The minimum Gasteiger partial charge on any atom is -0.394 e. The molecule has 2 rings (SSSR count). The zero-order chi connectivity index (χ0) is 18.4. The van der Waals surface area contributed by atoms with Gasteiger partial charge in [0.05, 0.1) is 18.8 Å². The molecule has 3 N–H and O–H groups in total. The smallest absolute Gasteiger partial charge is 0.242 e. The summed E-state index contributed by atoms with van der Waals surface area (Å²) in [5, 5.41) is 12.1. The molecule has 0 aliphatic rings. The summed E-state index contributed by atoms with van der Waals surface area (Å²) in [6.45, 7) is 5.62. The lowest BCUT2D eigenvalue weighted by Gasteiger charge is -2.14. The predicted molar refractivity (Wildman–Crippen MR) is 96.8 cm³/mol. The number of hydrogen-bond donors (Lipinski definition) is 3. The lowest BCUT2D eigenvalue weighted by molar-refractivity contribution is 0.281. The Balaban J connectivity index is 2.16. The molecule has 0 unspecified atom stereocenters. The Morgan fingerprint density at radius 1 is 1.32 bits per heavy atom. The third-order valence-corrected chi connectivity index (χ3v) is 5.35. The predicted octanol–water partition coefficient (Wildman–Crippen LogP) is 1.62. The monoisotopic (exact) mass is 364 g/mol. The molecule has 2 heterocycles. The zero-order valence-corrected chi connectivity index (χ0v) is 15.5. The van der Waals surface area contributed by atoms with Gasteiger partial charge in [-0.1, -0.05) is 13.0 Å². The van der Waals surface area contributed by atoms with E-state index in [2.05, 4.69) is 20.0 Å². The standard InChI is InChI=1S/C17H24N4O3S/c1-4-14-6-5-7-18-15(14)9-20-25(23,24)16-10-19-17(8-12(16)2)21-13(3)11-22/h5-8,10,13,20,22H,4,9,11H2,1-3H3,(H,19,21)/t13-/m0/s1. The second-order valence-electron chi connectivity index (χ2n) is 5.85. The first kappa shape index (κ1) is 19.3. The number of aliphatic hydroxyl groups excluding tert-OH is 1. The number of pyridine rings is 2. The van der Waals surface area contributed by atoms with Crippen LogP contribution in [0, 0.1) is 6.92 Å². The molecule has 0 aliphatic carbocycles. The normalized spacial score (nSPS) is 12.8. The van der Waals surface area contributed by atoms with Gasteiger partial charge >= 0.3 is 0 Å². The number of nitrogens with one attached hydrogen (secondary N) is 2. The number of rotatable bonds is 8. The van der Waals surface area contributed by atoms with Gasteiger partial charge in [0.25, 0.3) is 0 Å². The van der Waals surface area contributed by atoms with Gasteiger partial charge in [-0.05, 0) is 43.5 Å². The average molecular weight is 364 g/mol. The van der Waals surface area contributed by atoms with Crippen LogP contribution in [-0.2, 0) is 23.0 Å². The van der Waals surface area contributed by atoms with Crippen molar-refractivity contribution in [2.24, 2.45) is 0 Å². The van der Waals surface area contributed by atoms with Crippen molar-refractivity contribution in [3.8, 4) is 0 Å². The first-order chi connectivity index (χ1) is 11.9. The maximum absolute atomic E-state index is 12.6. The van der Waals surface area contributed by atoms with Crippen molar-refractivity contribution in [2.45, 2.75) is 44.7 Å². The van der Waals surface area contributed by atoms with Gasteiger partial charge in [-0.3, -0.25) is 4.98 Å². The summed E-state index contributed by atoms with van der Waals surface area (Å²) in [5.41, 5.74) is 2.30. The number of hydrogen-bond acceptors (Lipinski definition) is 6. The van der Waals surface area contributed by atoms with E-state index in [0.29, 0.717) is 17.1 Å². The fraction of sp³-hybridized carbons (Fsp3) is 0.412. The lowest BCUT2D eigenvalue weighted by atomic mass is 10.1. The lowest BCUT2D eigenvalue weighted by Crippen LogP contribution is -2.25. The highest BCUT2D eigenvalue weighted by molar-refractivity contribution is 7.89. The van der Waals surface area contributed by atoms with Gasteiger partial charge in [0.2, 0.25) is 10.0 Å². The van der Waals surface area contributed by atoms with Crippen molar-refractivity contribution in [3.05, 3.63) is 47.4 Å². The molecule has 0 amide bonds. The molecular formula is C17H24N4O3S. The van der Waals surface area contributed by atoms with Gasteiger partial charge in [0.1, 0.15) is 10.7 Å². The molecule has 2 aromatic heterocycles. The molecule has 0 aromatic carbocycles. The molecule has 1 atom stereocenters. The fourth-order valence-corrected chi connectivity index (χ4v) is 3.55. The highest BCUT2D eigenvalue weighted by Crippen LogP contribution is 2.18. The van der Waals surface area contributed by atoms with Gasteiger partial charge in [0, 0.05) is 18.4 Å². The van der Waals surface area contributed by atoms with Crippen LogP contribution in [0.25, 0.3) is 0 Å². The Morgan fingerprint density at radius 3 is 2.72 bits per heavy atom. The minimum atomic E-state index is -3.69. The summed E-state index contributed by atoms with van der Waals surface area (Å²) in [7, 11) is -3.69.